The number of pyridine rings is 1. The van der Waals surface area contributed by atoms with Crippen LogP contribution >= 0.6 is 0 Å². The van der Waals surface area contributed by atoms with Gasteiger partial charge in [-0.1, -0.05) is 19.9 Å². The van der Waals surface area contributed by atoms with E-state index in [2.05, 4.69) is 58.1 Å². The second kappa shape index (κ2) is 10.0. The van der Waals surface area contributed by atoms with Crippen LogP contribution in [0.25, 0.3) is 27.8 Å². The molecule has 0 spiro atoms. The van der Waals surface area contributed by atoms with Crippen LogP contribution in [0, 0.1) is 0 Å². The molecule has 1 aromatic carbocycles. The van der Waals surface area contributed by atoms with Crippen LogP contribution in [-0.2, 0) is 16.1 Å². The van der Waals surface area contributed by atoms with Gasteiger partial charge in [-0.2, -0.15) is 5.10 Å². The number of methoxy groups -OCH3 is 1. The topological polar surface area (TPSA) is 78.8 Å². The molecule has 3 aromatic heterocycles. The number of fused-ring (bicyclic) bond motifs is 2. The zero-order valence-corrected chi connectivity index (χ0v) is 21.9. The van der Waals surface area contributed by atoms with Gasteiger partial charge in [0.15, 0.2) is 5.65 Å². The molecule has 1 aliphatic rings. The van der Waals surface area contributed by atoms with Gasteiger partial charge < -0.3 is 14.6 Å². The van der Waals surface area contributed by atoms with Crippen molar-refractivity contribution in [3.63, 3.8) is 0 Å². The number of likely N-dealkylation sites (N-methyl/N-ethyl adjacent to an activating group) is 1. The minimum Gasteiger partial charge on any atom is -0.380 e. The number of aromatic amines is 1. The molecule has 1 N–H and O–H groups in total. The van der Waals surface area contributed by atoms with E-state index in [1.165, 1.54) is 16.5 Å². The Morgan fingerprint density at radius 1 is 1.22 bits per heavy atom. The number of H-pyrrole nitrogens is 1. The minimum atomic E-state index is 0.175. The zero-order chi connectivity index (χ0) is 25.4. The molecule has 0 unspecified atom stereocenters. The number of rotatable bonds is 7. The van der Waals surface area contributed by atoms with Crippen LogP contribution < -0.4 is 0 Å². The molecule has 1 amide bonds. The van der Waals surface area contributed by atoms with Gasteiger partial charge >= 0.3 is 0 Å². The van der Waals surface area contributed by atoms with E-state index >= 15 is 0 Å². The average molecular weight is 489 g/mol. The maximum absolute atomic E-state index is 12.1. The Morgan fingerprint density at radius 3 is 2.69 bits per heavy atom. The lowest BCUT2D eigenvalue weighted by atomic mass is 9.87. The van der Waals surface area contributed by atoms with Crippen LogP contribution in [0.15, 0.2) is 36.8 Å². The first kappa shape index (κ1) is 24.5. The fraction of sp³-hybridized carbons (Fsp3) is 0.464. The van der Waals surface area contributed by atoms with Crippen molar-refractivity contribution in [1.29, 1.82) is 0 Å². The van der Waals surface area contributed by atoms with E-state index in [0.29, 0.717) is 25.0 Å². The molecule has 190 valence electrons. The van der Waals surface area contributed by atoms with Crippen molar-refractivity contribution in [1.82, 2.24) is 29.4 Å². The monoisotopic (exact) mass is 488 g/mol. The molecule has 0 atom stereocenters. The molecule has 0 saturated carbocycles. The number of benzene rings is 1. The van der Waals surface area contributed by atoms with E-state index in [4.69, 9.17) is 4.74 Å². The molecule has 8 heteroatoms. The lowest BCUT2D eigenvalue weighted by Gasteiger charge is -2.32. The molecule has 4 aromatic rings. The number of nitrogens with zero attached hydrogens (tertiary/aromatic N) is 5. The SMILES string of the molecule is COCc1cc(-c2[nH]c3ccc(C4CCN(CC(=O)N(C)C)CC4)cc3c2C(C)C)cn2ncnc12. The molecule has 1 aliphatic heterocycles. The van der Waals surface area contributed by atoms with E-state index in [0.717, 1.165) is 53.9 Å². The first-order valence-electron chi connectivity index (χ1n) is 12.7. The molecular weight excluding hydrogens is 452 g/mol. The van der Waals surface area contributed by atoms with Gasteiger partial charge in [0.25, 0.3) is 0 Å². The maximum atomic E-state index is 12.1. The first-order chi connectivity index (χ1) is 17.4. The lowest BCUT2D eigenvalue weighted by Crippen LogP contribution is -2.40. The van der Waals surface area contributed by atoms with Crippen LogP contribution in [0.3, 0.4) is 0 Å². The Labute approximate surface area is 212 Å². The van der Waals surface area contributed by atoms with Crippen LogP contribution in [-0.4, -0.2) is 76.1 Å². The third kappa shape index (κ3) is 4.63. The average Bonchev–Trinajstić information content (AvgIpc) is 3.49. The normalized spacial score (nSPS) is 15.4. The van der Waals surface area contributed by atoms with Gasteiger partial charge in [0.2, 0.25) is 5.91 Å². The molecule has 8 nitrogen and oxygen atoms in total. The van der Waals surface area contributed by atoms with Crippen LogP contribution in [0.1, 0.15) is 55.2 Å². The fourth-order valence-electron chi connectivity index (χ4n) is 5.46. The summed E-state index contributed by atoms with van der Waals surface area (Å²) < 4.78 is 7.27. The second-order valence-corrected chi connectivity index (χ2v) is 10.4. The smallest absolute Gasteiger partial charge is 0.236 e. The van der Waals surface area contributed by atoms with Crippen molar-refractivity contribution >= 4 is 22.5 Å². The van der Waals surface area contributed by atoms with E-state index in [-0.39, 0.29) is 5.91 Å². The summed E-state index contributed by atoms with van der Waals surface area (Å²) in [4.78, 5) is 24.2. The second-order valence-electron chi connectivity index (χ2n) is 10.4. The van der Waals surface area contributed by atoms with Crippen molar-refractivity contribution in [2.45, 2.75) is 45.1 Å². The number of ether oxygens (including phenoxy) is 1. The van der Waals surface area contributed by atoms with Gasteiger partial charge in [-0.25, -0.2) is 9.50 Å². The molecule has 4 heterocycles. The predicted molar refractivity (Wildman–Crippen MR) is 142 cm³/mol. The Kier molecular flexibility index (Phi) is 6.81. The summed E-state index contributed by atoms with van der Waals surface area (Å²) in [6, 6.07) is 9.05. The summed E-state index contributed by atoms with van der Waals surface area (Å²) in [5.41, 5.74) is 7.91. The number of amides is 1. The molecule has 36 heavy (non-hydrogen) atoms. The number of carbonyl (C=O) groups is 1. The predicted octanol–water partition coefficient (Wildman–Crippen LogP) is 4.42. The third-order valence-corrected chi connectivity index (χ3v) is 7.40. The number of hydrogen-bond donors (Lipinski definition) is 1. The highest BCUT2D eigenvalue weighted by Gasteiger charge is 2.24. The third-order valence-electron chi connectivity index (χ3n) is 7.40. The number of hydrogen-bond acceptors (Lipinski definition) is 5. The Morgan fingerprint density at radius 2 is 2.00 bits per heavy atom. The van der Waals surface area contributed by atoms with E-state index in [1.54, 1.807) is 18.3 Å². The van der Waals surface area contributed by atoms with Crippen molar-refractivity contribution in [2.24, 2.45) is 0 Å². The van der Waals surface area contributed by atoms with Crippen LogP contribution in [0.2, 0.25) is 0 Å². The fourth-order valence-corrected chi connectivity index (χ4v) is 5.46. The van der Waals surface area contributed by atoms with Gasteiger partial charge in [-0.3, -0.25) is 9.69 Å². The highest BCUT2D eigenvalue weighted by molar-refractivity contribution is 5.92. The zero-order valence-electron chi connectivity index (χ0n) is 21.9. The van der Waals surface area contributed by atoms with Crippen LogP contribution in [0.4, 0.5) is 0 Å². The van der Waals surface area contributed by atoms with Gasteiger partial charge in [0, 0.05) is 49.4 Å². The molecule has 0 radical (unpaired) electrons. The lowest BCUT2D eigenvalue weighted by molar-refractivity contribution is -0.130. The first-order valence-corrected chi connectivity index (χ1v) is 12.7. The Hall–Kier alpha value is -3.23. The molecule has 1 saturated heterocycles. The minimum absolute atomic E-state index is 0.175. The highest BCUT2D eigenvalue weighted by atomic mass is 16.5. The quantitative estimate of drug-likeness (QED) is 0.417. The van der Waals surface area contributed by atoms with Gasteiger partial charge in [-0.15, -0.1) is 0 Å². The number of carbonyl (C=O) groups excluding carboxylic acids is 1. The van der Waals surface area contributed by atoms with Gasteiger partial charge in [-0.05, 0) is 67.1 Å². The van der Waals surface area contributed by atoms with E-state index in [1.807, 2.05) is 24.8 Å². The number of piperidine rings is 1. The summed E-state index contributed by atoms with van der Waals surface area (Å²) in [5.74, 6) is 1.03. The standard InChI is InChI=1S/C28H36N6O2/c1-18(2)26-23-13-20(19-8-10-33(11-9-19)15-25(35)32(3)4)6-7-24(23)31-27(26)21-12-22(16-36-5)28-29-17-30-34(28)14-21/h6-7,12-14,17-19,31H,8-11,15-16H2,1-5H3. The Balaban J connectivity index is 1.47. The molecule has 0 aliphatic carbocycles. The van der Waals surface area contributed by atoms with Crippen molar-refractivity contribution in [3.05, 3.63) is 53.5 Å². The molecule has 5 rings (SSSR count). The van der Waals surface area contributed by atoms with E-state index in [9.17, 15) is 4.79 Å². The van der Waals surface area contributed by atoms with Gasteiger partial charge in [0.05, 0.1) is 18.8 Å². The summed E-state index contributed by atoms with van der Waals surface area (Å²) in [6.07, 6.45) is 5.78. The molecule has 0 bridgehead atoms. The summed E-state index contributed by atoms with van der Waals surface area (Å²) >= 11 is 0. The number of nitrogens with one attached hydrogen (secondary N) is 1. The summed E-state index contributed by atoms with van der Waals surface area (Å²) in [7, 11) is 5.35. The molecule has 1 fully saturated rings. The van der Waals surface area contributed by atoms with Crippen molar-refractivity contribution in [3.8, 4) is 11.3 Å². The van der Waals surface area contributed by atoms with Gasteiger partial charge in [0.1, 0.15) is 6.33 Å². The van der Waals surface area contributed by atoms with Crippen LogP contribution in [0.5, 0.6) is 0 Å². The molecular formula is C28H36N6O2. The van der Waals surface area contributed by atoms with Crippen molar-refractivity contribution < 1.29 is 9.53 Å². The Bertz CT molecular complexity index is 1380. The summed E-state index contributed by atoms with van der Waals surface area (Å²) in [5, 5.41) is 5.68. The summed E-state index contributed by atoms with van der Waals surface area (Å²) in [6.45, 7) is 7.41. The van der Waals surface area contributed by atoms with Crippen molar-refractivity contribution in [2.75, 3.05) is 40.8 Å². The largest absolute Gasteiger partial charge is 0.380 e. The number of aromatic nitrogens is 4. The van der Waals surface area contributed by atoms with E-state index < -0.39 is 0 Å². The number of likely N-dealkylation sites (tertiary alicyclic amines) is 1. The highest BCUT2D eigenvalue weighted by Crippen LogP contribution is 2.38. The maximum Gasteiger partial charge on any atom is 0.236 e.